The first kappa shape index (κ1) is 21.8. The van der Waals surface area contributed by atoms with Gasteiger partial charge in [0.25, 0.3) is 0 Å². The Balaban J connectivity index is 1.85. The van der Waals surface area contributed by atoms with Gasteiger partial charge in [0, 0.05) is 22.5 Å². The van der Waals surface area contributed by atoms with Crippen molar-refractivity contribution in [2.75, 3.05) is 14.2 Å². The van der Waals surface area contributed by atoms with Gasteiger partial charge in [-0.1, -0.05) is 42.5 Å². The van der Waals surface area contributed by atoms with Crippen molar-refractivity contribution >= 4 is 22.5 Å². The van der Waals surface area contributed by atoms with Crippen LogP contribution in [0.3, 0.4) is 0 Å². The fraction of sp³-hybridized carbons (Fsp3) is 0.115. The number of methoxy groups -OCH3 is 2. The normalized spacial score (nSPS) is 10.6. The number of hydrogen-bond donors (Lipinski definition) is 1. The highest BCUT2D eigenvalue weighted by atomic mass is 16.5. The van der Waals surface area contributed by atoms with Gasteiger partial charge in [0.15, 0.2) is 11.5 Å². The number of nitrogens with zero attached hydrogens (tertiary/aromatic N) is 1. The number of fused-ring (bicyclic) bond motifs is 1. The largest absolute Gasteiger partial charge is 0.497 e. The van der Waals surface area contributed by atoms with Crippen molar-refractivity contribution in [2.24, 2.45) is 0 Å². The molecule has 1 heterocycles. The summed E-state index contributed by atoms with van der Waals surface area (Å²) in [5.74, 6) is -0.270. The lowest BCUT2D eigenvalue weighted by Gasteiger charge is -2.15. The van der Waals surface area contributed by atoms with E-state index in [-0.39, 0.29) is 23.6 Å². The molecule has 33 heavy (non-hydrogen) atoms. The van der Waals surface area contributed by atoms with Crippen LogP contribution in [-0.2, 0) is 6.61 Å². The predicted molar refractivity (Wildman–Crippen MR) is 122 cm³/mol. The summed E-state index contributed by atoms with van der Waals surface area (Å²) in [5.41, 5.74) is 1.38. The fourth-order valence-corrected chi connectivity index (χ4v) is 3.51. The zero-order valence-electron chi connectivity index (χ0n) is 18.1. The van der Waals surface area contributed by atoms with Crippen molar-refractivity contribution in [3.05, 3.63) is 95.3 Å². The first-order chi connectivity index (χ1) is 16.0. The molecule has 0 saturated heterocycles. The fourth-order valence-electron chi connectivity index (χ4n) is 3.51. The van der Waals surface area contributed by atoms with Gasteiger partial charge in [-0.3, -0.25) is 9.78 Å². The molecule has 4 aromatic rings. The number of ketones is 1. The van der Waals surface area contributed by atoms with Gasteiger partial charge in [0.05, 0.1) is 19.8 Å². The number of carboxylic acid groups (broad SMARTS) is 1. The Morgan fingerprint density at radius 1 is 0.879 bits per heavy atom. The van der Waals surface area contributed by atoms with E-state index >= 15 is 0 Å². The van der Waals surface area contributed by atoms with Crippen molar-refractivity contribution in [2.45, 2.75) is 6.61 Å². The number of ether oxygens (including phenoxy) is 3. The number of carbonyl (C=O) groups is 2. The Morgan fingerprint density at radius 3 is 2.33 bits per heavy atom. The molecule has 4 rings (SSSR count). The zero-order valence-corrected chi connectivity index (χ0v) is 18.1. The minimum Gasteiger partial charge on any atom is -0.497 e. The summed E-state index contributed by atoms with van der Waals surface area (Å²) >= 11 is 0. The van der Waals surface area contributed by atoms with Crippen LogP contribution in [0.5, 0.6) is 17.2 Å². The second-order valence-corrected chi connectivity index (χ2v) is 7.21. The summed E-state index contributed by atoms with van der Waals surface area (Å²) in [5, 5.41) is 10.3. The average Bonchev–Trinajstić information content (AvgIpc) is 2.86. The molecule has 7 heteroatoms. The summed E-state index contributed by atoms with van der Waals surface area (Å²) < 4.78 is 16.6. The molecule has 0 saturated carbocycles. The molecule has 0 unspecified atom stereocenters. The molecule has 0 fully saturated rings. The van der Waals surface area contributed by atoms with Crippen LogP contribution in [0.2, 0.25) is 0 Å². The molecule has 1 N–H and O–H groups in total. The topological polar surface area (TPSA) is 95.0 Å². The molecule has 0 aliphatic rings. The average molecular weight is 443 g/mol. The lowest BCUT2D eigenvalue weighted by Crippen LogP contribution is -2.09. The van der Waals surface area contributed by atoms with Gasteiger partial charge in [-0.05, 0) is 29.8 Å². The molecule has 1 aromatic heterocycles. The minimum atomic E-state index is -1.16. The Hall–Kier alpha value is -4.39. The molecule has 0 aliphatic heterocycles. The first-order valence-corrected chi connectivity index (χ1v) is 10.1. The van der Waals surface area contributed by atoms with Crippen LogP contribution in [0.4, 0.5) is 0 Å². The zero-order chi connectivity index (χ0) is 23.4. The molecule has 0 atom stereocenters. The van der Waals surface area contributed by atoms with E-state index in [4.69, 9.17) is 14.2 Å². The van der Waals surface area contributed by atoms with E-state index in [1.165, 1.54) is 20.4 Å². The number of carboxylic acids is 1. The van der Waals surface area contributed by atoms with E-state index in [0.29, 0.717) is 33.6 Å². The summed E-state index contributed by atoms with van der Waals surface area (Å²) in [6.45, 7) is 0.272. The Bertz CT molecular complexity index is 1330. The van der Waals surface area contributed by atoms with Gasteiger partial charge in [-0.2, -0.15) is 0 Å². The SMILES string of the molecule is COc1cccc(C(=O)c2ncc(C(=O)O)c3cc(OC)c(OCc4ccccc4)cc23)c1. The van der Waals surface area contributed by atoms with Gasteiger partial charge < -0.3 is 19.3 Å². The highest BCUT2D eigenvalue weighted by molar-refractivity contribution is 6.18. The molecule has 7 nitrogen and oxygen atoms in total. The molecular weight excluding hydrogens is 422 g/mol. The molecule has 3 aromatic carbocycles. The van der Waals surface area contributed by atoms with Crippen LogP contribution >= 0.6 is 0 Å². The third kappa shape index (κ3) is 4.48. The van der Waals surface area contributed by atoms with E-state index in [9.17, 15) is 14.7 Å². The minimum absolute atomic E-state index is 0.0416. The Labute approximate surface area is 190 Å². The van der Waals surface area contributed by atoms with Crippen LogP contribution in [-0.4, -0.2) is 36.1 Å². The molecular formula is C26H21NO6. The van der Waals surface area contributed by atoms with Crippen molar-refractivity contribution < 1.29 is 28.9 Å². The van der Waals surface area contributed by atoms with Gasteiger partial charge in [0.2, 0.25) is 5.78 Å². The van der Waals surface area contributed by atoms with Crippen molar-refractivity contribution in [1.29, 1.82) is 0 Å². The van der Waals surface area contributed by atoms with Gasteiger partial charge in [0.1, 0.15) is 18.1 Å². The number of hydrogen-bond acceptors (Lipinski definition) is 6. The van der Waals surface area contributed by atoms with Crippen LogP contribution in [0.15, 0.2) is 72.9 Å². The molecule has 0 radical (unpaired) electrons. The summed E-state index contributed by atoms with van der Waals surface area (Å²) in [6.07, 6.45) is 1.18. The van der Waals surface area contributed by atoms with E-state index in [1.807, 2.05) is 30.3 Å². The number of aromatic carboxylic acids is 1. The maximum atomic E-state index is 13.3. The van der Waals surface area contributed by atoms with Crippen molar-refractivity contribution in [1.82, 2.24) is 4.98 Å². The molecule has 0 spiro atoms. The summed E-state index contributed by atoms with van der Waals surface area (Å²) in [7, 11) is 2.99. The van der Waals surface area contributed by atoms with E-state index in [2.05, 4.69) is 4.98 Å². The second-order valence-electron chi connectivity index (χ2n) is 7.21. The predicted octanol–water partition coefficient (Wildman–Crippen LogP) is 4.76. The van der Waals surface area contributed by atoms with Gasteiger partial charge >= 0.3 is 5.97 Å². The Morgan fingerprint density at radius 2 is 1.64 bits per heavy atom. The highest BCUT2D eigenvalue weighted by Crippen LogP contribution is 2.36. The number of pyridine rings is 1. The lowest BCUT2D eigenvalue weighted by atomic mass is 9.99. The second kappa shape index (κ2) is 9.40. The number of benzene rings is 3. The maximum absolute atomic E-state index is 13.3. The summed E-state index contributed by atoms with van der Waals surface area (Å²) in [4.78, 5) is 29.4. The van der Waals surface area contributed by atoms with Gasteiger partial charge in [-0.15, -0.1) is 0 Å². The highest BCUT2D eigenvalue weighted by Gasteiger charge is 2.22. The summed E-state index contributed by atoms with van der Waals surface area (Å²) in [6, 6.07) is 19.4. The van der Waals surface area contributed by atoms with Crippen LogP contribution < -0.4 is 14.2 Å². The van der Waals surface area contributed by atoms with Crippen LogP contribution in [0, 0.1) is 0 Å². The molecule has 0 amide bonds. The maximum Gasteiger partial charge on any atom is 0.337 e. The molecule has 166 valence electrons. The number of rotatable bonds is 8. The van der Waals surface area contributed by atoms with E-state index in [1.54, 1.807) is 36.4 Å². The molecule has 0 bridgehead atoms. The van der Waals surface area contributed by atoms with Gasteiger partial charge in [-0.25, -0.2) is 4.79 Å². The third-order valence-electron chi connectivity index (χ3n) is 5.19. The number of aromatic nitrogens is 1. The van der Waals surface area contributed by atoms with Crippen LogP contribution in [0.25, 0.3) is 10.8 Å². The monoisotopic (exact) mass is 443 g/mol. The standard InChI is InChI=1S/C26H21NO6/c1-31-18-10-6-9-17(11-18)25(28)24-20-13-23(33-15-16-7-4-3-5-8-16)22(32-2)12-19(20)21(14-27-24)26(29)30/h3-14H,15H2,1-2H3,(H,29,30). The van der Waals surface area contributed by atoms with Crippen molar-refractivity contribution in [3.63, 3.8) is 0 Å². The van der Waals surface area contributed by atoms with Crippen LogP contribution in [0.1, 0.15) is 32.0 Å². The first-order valence-electron chi connectivity index (χ1n) is 10.1. The number of carbonyl (C=O) groups excluding carboxylic acids is 1. The lowest BCUT2D eigenvalue weighted by molar-refractivity contribution is 0.0698. The quantitative estimate of drug-likeness (QED) is 0.392. The van der Waals surface area contributed by atoms with E-state index < -0.39 is 5.97 Å². The Kier molecular flexibility index (Phi) is 6.22. The van der Waals surface area contributed by atoms with Crippen molar-refractivity contribution in [3.8, 4) is 17.2 Å². The van der Waals surface area contributed by atoms with E-state index in [0.717, 1.165) is 5.56 Å². The third-order valence-corrected chi connectivity index (χ3v) is 5.19. The molecule has 0 aliphatic carbocycles. The smallest absolute Gasteiger partial charge is 0.337 e.